The third kappa shape index (κ3) is 1.80. The Morgan fingerprint density at radius 3 is 2.61 bits per heavy atom. The Morgan fingerprint density at radius 2 is 1.70 bits per heavy atom. The Kier molecular flexibility index (Phi) is 2.42. The molecule has 3 heteroatoms. The van der Waals surface area contributed by atoms with E-state index < -0.39 is 0 Å². The van der Waals surface area contributed by atoms with Gasteiger partial charge in [-0.05, 0) is 42.3 Å². The molecule has 0 bridgehead atoms. The molecule has 23 heavy (non-hydrogen) atoms. The van der Waals surface area contributed by atoms with Crippen LogP contribution < -0.4 is 0 Å². The lowest BCUT2D eigenvalue weighted by molar-refractivity contribution is 0.643. The molecule has 3 nitrogen and oxygen atoms in total. The maximum Gasteiger partial charge on any atom is 0.307 e. The van der Waals surface area contributed by atoms with Gasteiger partial charge >= 0.3 is 5.84 Å². The van der Waals surface area contributed by atoms with Gasteiger partial charge in [-0.1, -0.05) is 48.0 Å². The van der Waals surface area contributed by atoms with E-state index >= 15 is 0 Å². The van der Waals surface area contributed by atoms with E-state index in [4.69, 9.17) is 4.42 Å². The Labute approximate surface area is 132 Å². The fourth-order valence-corrected chi connectivity index (χ4v) is 3.19. The second kappa shape index (κ2) is 4.46. The van der Waals surface area contributed by atoms with Crippen LogP contribution >= 0.6 is 0 Å². The minimum atomic E-state index is 0.641. The summed E-state index contributed by atoms with van der Waals surface area (Å²) >= 11 is 0. The van der Waals surface area contributed by atoms with Crippen molar-refractivity contribution in [2.45, 2.75) is 6.92 Å². The predicted octanol–water partition coefficient (Wildman–Crippen LogP) is 5.21. The monoisotopic (exact) mass is 298 g/mol. The fourth-order valence-electron chi connectivity index (χ4n) is 3.19. The molecule has 0 aliphatic carbocycles. The zero-order chi connectivity index (χ0) is 15.4. The van der Waals surface area contributed by atoms with Crippen LogP contribution in [0.3, 0.4) is 0 Å². The Morgan fingerprint density at radius 1 is 0.826 bits per heavy atom. The summed E-state index contributed by atoms with van der Waals surface area (Å²) in [6, 6.07) is 22.9. The highest BCUT2D eigenvalue weighted by Gasteiger charge is 2.13. The molecule has 0 amide bonds. The van der Waals surface area contributed by atoms with Gasteiger partial charge in [-0.15, -0.1) is 0 Å². The number of fused-ring (bicyclic) bond motifs is 5. The molecule has 0 atom stereocenters. The van der Waals surface area contributed by atoms with Gasteiger partial charge in [-0.3, -0.25) is 4.40 Å². The molecule has 5 rings (SSSR count). The summed E-state index contributed by atoms with van der Waals surface area (Å²) in [5.74, 6) is 0.641. The van der Waals surface area contributed by atoms with Crippen LogP contribution in [0.2, 0.25) is 0 Å². The van der Waals surface area contributed by atoms with E-state index in [-0.39, 0.29) is 0 Å². The average molecular weight is 298 g/mol. The van der Waals surface area contributed by atoms with Crippen LogP contribution in [0, 0.1) is 6.92 Å². The molecule has 5 aromatic rings. The molecule has 2 aromatic heterocycles. The van der Waals surface area contributed by atoms with Crippen molar-refractivity contribution in [1.29, 1.82) is 0 Å². The van der Waals surface area contributed by atoms with Crippen LogP contribution in [-0.4, -0.2) is 9.38 Å². The predicted molar refractivity (Wildman–Crippen MR) is 92.6 cm³/mol. The third-order valence-corrected chi connectivity index (χ3v) is 4.28. The van der Waals surface area contributed by atoms with Crippen molar-refractivity contribution < 1.29 is 4.42 Å². The number of benzene rings is 3. The van der Waals surface area contributed by atoms with Crippen molar-refractivity contribution in [2.75, 3.05) is 0 Å². The number of hydrogen-bond acceptors (Lipinski definition) is 2. The van der Waals surface area contributed by atoms with Crippen LogP contribution in [-0.2, 0) is 0 Å². The van der Waals surface area contributed by atoms with Gasteiger partial charge in [0, 0.05) is 0 Å². The van der Waals surface area contributed by atoms with Gasteiger partial charge in [0.2, 0.25) is 0 Å². The van der Waals surface area contributed by atoms with Gasteiger partial charge in [0.15, 0.2) is 5.58 Å². The van der Waals surface area contributed by atoms with E-state index in [2.05, 4.69) is 64.8 Å². The van der Waals surface area contributed by atoms with Crippen LogP contribution in [0.15, 0.2) is 71.1 Å². The number of aromatic nitrogens is 2. The van der Waals surface area contributed by atoms with E-state index in [1.165, 1.54) is 16.7 Å². The molecular formula is C20H14N2O. The molecule has 0 radical (unpaired) electrons. The van der Waals surface area contributed by atoms with Gasteiger partial charge in [0.25, 0.3) is 0 Å². The maximum absolute atomic E-state index is 5.85. The van der Waals surface area contributed by atoms with E-state index in [0.717, 1.165) is 22.1 Å². The van der Waals surface area contributed by atoms with Crippen LogP contribution in [0.4, 0.5) is 0 Å². The lowest BCUT2D eigenvalue weighted by atomic mass is 10.0. The summed E-state index contributed by atoms with van der Waals surface area (Å²) in [4.78, 5) is 4.60. The third-order valence-electron chi connectivity index (χ3n) is 4.28. The number of rotatable bonds is 1. The van der Waals surface area contributed by atoms with Crippen molar-refractivity contribution in [2.24, 2.45) is 0 Å². The molecule has 0 unspecified atom stereocenters. The normalized spacial score (nSPS) is 11.7. The topological polar surface area (TPSA) is 30.4 Å². The number of imidazole rings is 1. The van der Waals surface area contributed by atoms with Gasteiger partial charge in [-0.25, -0.2) is 0 Å². The molecule has 0 saturated heterocycles. The summed E-state index contributed by atoms with van der Waals surface area (Å²) in [6.45, 7) is 2.11. The first-order valence-corrected chi connectivity index (χ1v) is 7.66. The highest BCUT2D eigenvalue weighted by atomic mass is 16.4. The molecule has 2 heterocycles. The van der Waals surface area contributed by atoms with E-state index in [1.54, 1.807) is 0 Å². The maximum atomic E-state index is 5.85. The molecule has 0 aliphatic heterocycles. The zero-order valence-corrected chi connectivity index (χ0v) is 12.7. The highest BCUT2D eigenvalue weighted by Crippen LogP contribution is 2.29. The molecule has 0 saturated carbocycles. The van der Waals surface area contributed by atoms with E-state index in [1.807, 2.05) is 18.2 Å². The summed E-state index contributed by atoms with van der Waals surface area (Å²) in [7, 11) is 0. The van der Waals surface area contributed by atoms with Crippen LogP contribution in [0.25, 0.3) is 39.1 Å². The molecule has 0 spiro atoms. The second-order valence-electron chi connectivity index (χ2n) is 5.87. The number of oxazole rings is 1. The lowest BCUT2D eigenvalue weighted by Crippen LogP contribution is -1.83. The van der Waals surface area contributed by atoms with Gasteiger partial charge in [0.1, 0.15) is 0 Å². The minimum absolute atomic E-state index is 0.641. The molecule has 0 fully saturated rings. The van der Waals surface area contributed by atoms with Crippen molar-refractivity contribution in [3.05, 3.63) is 72.3 Å². The van der Waals surface area contributed by atoms with Gasteiger partial charge < -0.3 is 4.42 Å². The van der Waals surface area contributed by atoms with Crippen molar-refractivity contribution >= 4 is 28.0 Å². The fraction of sp³-hybridized carbons (Fsp3) is 0.0500. The number of hydrogen-bond donors (Lipinski definition) is 0. The first-order chi connectivity index (χ1) is 11.3. The highest BCUT2D eigenvalue weighted by molar-refractivity contribution is 5.90. The van der Waals surface area contributed by atoms with Crippen molar-refractivity contribution in [3.8, 4) is 11.1 Å². The second-order valence-corrected chi connectivity index (χ2v) is 5.87. The quantitative estimate of drug-likeness (QED) is 0.425. The molecule has 0 aliphatic rings. The Bertz CT molecular complexity index is 1180. The molecular weight excluding hydrogens is 284 g/mol. The minimum Gasteiger partial charge on any atom is -0.423 e. The Balaban J connectivity index is 1.85. The number of para-hydroxylation sites is 2. The zero-order valence-electron chi connectivity index (χ0n) is 12.7. The standard InChI is InChI=1S/C20H14N2O/c1-13-5-4-6-14(11-13)15-9-10-16-18(12-15)22-17-7-2-3-8-19(17)23-20(22)21-16/h2-12H,1H3. The molecule has 0 N–H and O–H groups in total. The summed E-state index contributed by atoms with van der Waals surface area (Å²) in [5, 5.41) is 0. The van der Waals surface area contributed by atoms with Crippen LogP contribution in [0.5, 0.6) is 0 Å². The number of aryl methyl sites for hydroxylation is 1. The van der Waals surface area contributed by atoms with Crippen molar-refractivity contribution in [1.82, 2.24) is 9.38 Å². The first kappa shape index (κ1) is 12.5. The largest absolute Gasteiger partial charge is 0.423 e. The number of nitrogens with zero attached hydrogens (tertiary/aromatic N) is 2. The SMILES string of the molecule is Cc1cccc(-c2ccc3nc4oc5ccccc5n4c3c2)c1. The lowest BCUT2D eigenvalue weighted by Gasteiger charge is -2.03. The van der Waals surface area contributed by atoms with Gasteiger partial charge in [-0.2, -0.15) is 4.98 Å². The summed E-state index contributed by atoms with van der Waals surface area (Å²) in [5.41, 5.74) is 7.59. The smallest absolute Gasteiger partial charge is 0.307 e. The van der Waals surface area contributed by atoms with E-state index in [9.17, 15) is 0 Å². The molecule has 110 valence electrons. The van der Waals surface area contributed by atoms with E-state index in [0.29, 0.717) is 5.84 Å². The summed E-state index contributed by atoms with van der Waals surface area (Å²) in [6.07, 6.45) is 0. The Hall–Kier alpha value is -3.07. The first-order valence-electron chi connectivity index (χ1n) is 7.66. The average Bonchev–Trinajstić information content (AvgIpc) is 3.09. The molecule has 3 aromatic carbocycles. The van der Waals surface area contributed by atoms with Gasteiger partial charge in [0.05, 0.1) is 16.6 Å². The van der Waals surface area contributed by atoms with Crippen LogP contribution in [0.1, 0.15) is 5.56 Å². The summed E-state index contributed by atoms with van der Waals surface area (Å²) < 4.78 is 7.94. The van der Waals surface area contributed by atoms with Crippen molar-refractivity contribution in [3.63, 3.8) is 0 Å².